The molecular weight excluding hydrogens is 423 g/mol. The van der Waals surface area contributed by atoms with Crippen LogP contribution in [0.25, 0.3) is 11.3 Å². The van der Waals surface area contributed by atoms with Gasteiger partial charge in [-0.05, 0) is 55.9 Å². The van der Waals surface area contributed by atoms with Gasteiger partial charge >= 0.3 is 0 Å². The number of rotatable bonds is 4. The molecule has 4 rings (SSSR count). The summed E-state index contributed by atoms with van der Waals surface area (Å²) >= 11 is 12.7. The van der Waals surface area contributed by atoms with E-state index < -0.39 is 0 Å². The number of amides is 1. The van der Waals surface area contributed by atoms with Crippen LogP contribution < -0.4 is 5.32 Å². The molecule has 0 saturated carbocycles. The molecule has 3 heterocycles. The van der Waals surface area contributed by atoms with Crippen molar-refractivity contribution >= 4 is 41.2 Å². The molecule has 2 aliphatic rings. The number of likely N-dealkylation sites (tertiary alicyclic amines) is 1. The molecule has 1 amide bonds. The molecule has 1 atom stereocenters. The van der Waals surface area contributed by atoms with Crippen LogP contribution in [0.15, 0.2) is 24.8 Å². The third-order valence-electron chi connectivity index (χ3n) is 6.24. The molecule has 158 valence electrons. The van der Waals surface area contributed by atoms with Crippen LogP contribution in [0.3, 0.4) is 0 Å². The molecule has 1 N–H and O–H groups in total. The summed E-state index contributed by atoms with van der Waals surface area (Å²) in [5.41, 5.74) is 2.64. The van der Waals surface area contributed by atoms with Crippen molar-refractivity contribution < 1.29 is 9.59 Å². The van der Waals surface area contributed by atoms with E-state index in [4.69, 9.17) is 28.3 Å². The van der Waals surface area contributed by atoms with E-state index in [0.717, 1.165) is 49.0 Å². The van der Waals surface area contributed by atoms with Crippen molar-refractivity contribution in [3.05, 3.63) is 46.0 Å². The molecule has 2 aromatic rings. The zero-order valence-corrected chi connectivity index (χ0v) is 18.3. The van der Waals surface area contributed by atoms with Crippen LogP contribution in [0.1, 0.15) is 41.2 Å². The van der Waals surface area contributed by atoms with E-state index in [2.05, 4.69) is 11.9 Å². The molecule has 1 aromatic heterocycles. The number of fused-ring (bicyclic) bond motifs is 1. The lowest BCUT2D eigenvalue weighted by Crippen LogP contribution is -2.41. The fourth-order valence-electron chi connectivity index (χ4n) is 4.50. The molecule has 8 heteroatoms. The van der Waals surface area contributed by atoms with Crippen molar-refractivity contribution in [2.45, 2.75) is 32.2 Å². The number of piperidine rings is 1. The average molecular weight is 447 g/mol. The lowest BCUT2D eigenvalue weighted by molar-refractivity contribution is -0.127. The zero-order chi connectivity index (χ0) is 21.4. The van der Waals surface area contributed by atoms with Gasteiger partial charge < -0.3 is 10.2 Å². The number of carbonyl (C=O) groups is 2. The number of aldehydes is 1. The first kappa shape index (κ1) is 20.9. The topological polar surface area (TPSA) is 67.2 Å². The van der Waals surface area contributed by atoms with E-state index in [-0.39, 0.29) is 11.9 Å². The van der Waals surface area contributed by atoms with Gasteiger partial charge in [0.05, 0.1) is 11.6 Å². The second kappa shape index (κ2) is 8.44. The van der Waals surface area contributed by atoms with Gasteiger partial charge in [0.1, 0.15) is 11.5 Å². The van der Waals surface area contributed by atoms with Gasteiger partial charge in [0.15, 0.2) is 6.29 Å². The van der Waals surface area contributed by atoms with Crippen molar-refractivity contribution in [1.29, 1.82) is 0 Å². The first-order chi connectivity index (χ1) is 14.4. The van der Waals surface area contributed by atoms with Gasteiger partial charge in [-0.15, -0.1) is 0 Å². The SMILES string of the molecule is C=CC(=O)N1CCC(C2CCNc3c(C=O)c(-c4cc(Cl)c(C)c(Cl)c4)nn32)CC1. The van der Waals surface area contributed by atoms with E-state index in [1.807, 2.05) is 16.5 Å². The highest BCUT2D eigenvalue weighted by Gasteiger charge is 2.34. The quantitative estimate of drug-likeness (QED) is 0.542. The molecule has 0 bridgehead atoms. The number of halogens is 2. The van der Waals surface area contributed by atoms with Crippen LogP contribution in [-0.4, -0.2) is 46.5 Å². The maximum atomic E-state index is 12.0. The van der Waals surface area contributed by atoms with Gasteiger partial charge in [0.25, 0.3) is 0 Å². The average Bonchev–Trinajstić information content (AvgIpc) is 3.15. The Balaban J connectivity index is 1.67. The minimum absolute atomic E-state index is 0.0165. The molecule has 6 nitrogen and oxygen atoms in total. The Bertz CT molecular complexity index is 986. The summed E-state index contributed by atoms with van der Waals surface area (Å²) < 4.78 is 1.96. The van der Waals surface area contributed by atoms with Crippen LogP contribution in [0.2, 0.25) is 10.0 Å². The molecule has 1 saturated heterocycles. The van der Waals surface area contributed by atoms with Crippen LogP contribution >= 0.6 is 23.2 Å². The molecule has 2 aliphatic heterocycles. The molecule has 30 heavy (non-hydrogen) atoms. The van der Waals surface area contributed by atoms with Gasteiger partial charge in [0.2, 0.25) is 5.91 Å². The van der Waals surface area contributed by atoms with Crippen molar-refractivity contribution in [1.82, 2.24) is 14.7 Å². The Hall–Kier alpha value is -2.31. The fraction of sp³-hybridized carbons (Fsp3) is 0.409. The van der Waals surface area contributed by atoms with Gasteiger partial charge in [-0.3, -0.25) is 9.59 Å². The largest absolute Gasteiger partial charge is 0.370 e. The predicted octanol–water partition coefficient (Wildman–Crippen LogP) is 4.76. The maximum absolute atomic E-state index is 12.0. The highest BCUT2D eigenvalue weighted by molar-refractivity contribution is 6.36. The lowest BCUT2D eigenvalue weighted by Gasteiger charge is -2.38. The number of benzene rings is 1. The summed E-state index contributed by atoms with van der Waals surface area (Å²) in [4.78, 5) is 25.7. The van der Waals surface area contributed by atoms with E-state index >= 15 is 0 Å². The second-order valence-corrected chi connectivity index (χ2v) is 8.70. The monoisotopic (exact) mass is 446 g/mol. The van der Waals surface area contributed by atoms with Crippen molar-refractivity contribution in [2.75, 3.05) is 25.0 Å². The van der Waals surface area contributed by atoms with Crippen LogP contribution in [0.5, 0.6) is 0 Å². The summed E-state index contributed by atoms with van der Waals surface area (Å²) in [7, 11) is 0. The van der Waals surface area contributed by atoms with Gasteiger partial charge in [-0.1, -0.05) is 29.8 Å². The van der Waals surface area contributed by atoms with Gasteiger partial charge in [-0.2, -0.15) is 5.10 Å². The number of nitrogens with zero attached hydrogens (tertiary/aromatic N) is 3. The molecule has 0 radical (unpaired) electrons. The Morgan fingerprint density at radius 3 is 2.50 bits per heavy atom. The lowest BCUT2D eigenvalue weighted by atomic mass is 9.87. The summed E-state index contributed by atoms with van der Waals surface area (Å²) in [6, 6.07) is 3.78. The highest BCUT2D eigenvalue weighted by atomic mass is 35.5. The van der Waals surface area contributed by atoms with E-state index in [9.17, 15) is 9.59 Å². The number of anilines is 1. The summed E-state index contributed by atoms with van der Waals surface area (Å²) in [6.45, 7) is 7.64. The van der Waals surface area contributed by atoms with E-state index in [1.54, 1.807) is 12.1 Å². The smallest absolute Gasteiger partial charge is 0.245 e. The zero-order valence-electron chi connectivity index (χ0n) is 16.8. The standard InChI is InChI=1S/C22H24Cl2N4O2/c1-3-20(30)27-8-5-14(6-9-27)19-4-7-25-22-16(12-29)21(26-28(19)22)15-10-17(23)13(2)18(24)11-15/h3,10-12,14,19,25H,1,4-9H2,2H3. The van der Waals surface area contributed by atoms with E-state index in [0.29, 0.717) is 40.3 Å². The van der Waals surface area contributed by atoms with E-state index in [1.165, 1.54) is 6.08 Å². The van der Waals surface area contributed by atoms with Crippen LogP contribution in [0.4, 0.5) is 5.82 Å². The first-order valence-corrected chi connectivity index (χ1v) is 10.9. The number of nitrogens with one attached hydrogen (secondary N) is 1. The molecule has 0 spiro atoms. The third kappa shape index (κ3) is 3.63. The Morgan fingerprint density at radius 2 is 1.90 bits per heavy atom. The fourth-order valence-corrected chi connectivity index (χ4v) is 4.99. The Morgan fingerprint density at radius 1 is 1.23 bits per heavy atom. The number of hydrogen-bond acceptors (Lipinski definition) is 4. The highest BCUT2D eigenvalue weighted by Crippen LogP contribution is 2.40. The number of carbonyl (C=O) groups excluding carboxylic acids is 2. The Labute approximate surface area is 185 Å². The van der Waals surface area contributed by atoms with Gasteiger partial charge in [0, 0.05) is 35.2 Å². The molecular formula is C22H24Cl2N4O2. The summed E-state index contributed by atoms with van der Waals surface area (Å²) in [5, 5.41) is 9.27. The first-order valence-electron chi connectivity index (χ1n) is 10.1. The van der Waals surface area contributed by atoms with Crippen molar-refractivity contribution in [3.63, 3.8) is 0 Å². The third-order valence-corrected chi connectivity index (χ3v) is 7.02. The number of aromatic nitrogens is 2. The molecule has 1 aromatic carbocycles. The maximum Gasteiger partial charge on any atom is 0.245 e. The van der Waals surface area contributed by atoms with Crippen molar-refractivity contribution in [3.8, 4) is 11.3 Å². The summed E-state index contributed by atoms with van der Waals surface area (Å²) in [6.07, 6.45) is 4.93. The summed E-state index contributed by atoms with van der Waals surface area (Å²) in [5.74, 6) is 1.11. The normalized spacial score (nSPS) is 19.2. The number of hydrogen-bond donors (Lipinski definition) is 1. The minimum Gasteiger partial charge on any atom is -0.370 e. The molecule has 0 aliphatic carbocycles. The predicted molar refractivity (Wildman–Crippen MR) is 119 cm³/mol. The Kier molecular flexibility index (Phi) is 5.89. The molecule has 1 unspecified atom stereocenters. The van der Waals surface area contributed by atoms with Gasteiger partial charge in [-0.25, -0.2) is 4.68 Å². The molecule has 1 fully saturated rings. The van der Waals surface area contributed by atoms with Crippen LogP contribution in [-0.2, 0) is 4.79 Å². The van der Waals surface area contributed by atoms with Crippen molar-refractivity contribution in [2.24, 2.45) is 5.92 Å². The minimum atomic E-state index is -0.0165. The second-order valence-electron chi connectivity index (χ2n) is 7.89. The van der Waals surface area contributed by atoms with Crippen LogP contribution in [0, 0.1) is 12.8 Å².